The summed E-state index contributed by atoms with van der Waals surface area (Å²) >= 11 is 0. The Morgan fingerprint density at radius 3 is 3.18 bits per heavy atom. The lowest BCUT2D eigenvalue weighted by atomic mass is 10.3. The first-order chi connectivity index (χ1) is 5.40. The van der Waals surface area contributed by atoms with Crippen LogP contribution in [0, 0.1) is 0 Å². The average Bonchev–Trinajstić information content (AvgIpc) is 2.50. The highest BCUT2D eigenvalue weighted by Crippen LogP contribution is 2.06. The quantitative estimate of drug-likeness (QED) is 0.662. The Hall–Kier alpha value is -1.64. The fourth-order valence-electron chi connectivity index (χ4n) is 0.954. The van der Waals surface area contributed by atoms with Crippen LogP contribution in [-0.2, 0) is 0 Å². The number of aromatic amines is 1. The summed E-state index contributed by atoms with van der Waals surface area (Å²) in [5.41, 5.74) is 2.56. The first-order valence-electron chi connectivity index (χ1n) is 3.33. The first kappa shape index (κ1) is 6.09. The van der Waals surface area contributed by atoms with Gasteiger partial charge in [-0.2, -0.15) is 0 Å². The van der Waals surface area contributed by atoms with Gasteiger partial charge in [0.2, 0.25) is 0 Å². The molecule has 2 aromatic rings. The van der Waals surface area contributed by atoms with Crippen LogP contribution in [0.4, 0.5) is 0 Å². The number of pyridine rings is 1. The van der Waals surface area contributed by atoms with Crippen LogP contribution in [0.2, 0.25) is 0 Å². The third-order valence-electron chi connectivity index (χ3n) is 1.51. The van der Waals surface area contributed by atoms with E-state index in [2.05, 4.69) is 21.5 Å². The van der Waals surface area contributed by atoms with Gasteiger partial charge in [-0.25, -0.2) is 9.97 Å². The number of nitrogens with zero attached hydrogens (tertiary/aromatic N) is 2. The minimum Gasteiger partial charge on any atom is -0.329 e. The molecule has 0 saturated heterocycles. The molecule has 1 N–H and O–H groups in total. The second-order valence-electron chi connectivity index (χ2n) is 2.21. The van der Waals surface area contributed by atoms with Crippen molar-refractivity contribution in [3.63, 3.8) is 0 Å². The Bertz CT molecular complexity index is 389. The van der Waals surface area contributed by atoms with Crippen molar-refractivity contribution >= 4 is 17.2 Å². The van der Waals surface area contributed by atoms with Gasteiger partial charge in [-0.1, -0.05) is 6.58 Å². The third kappa shape index (κ3) is 0.902. The van der Waals surface area contributed by atoms with E-state index >= 15 is 0 Å². The topological polar surface area (TPSA) is 41.6 Å². The molecule has 2 heterocycles. The SMILES string of the molecule is C=Cc1ccc2nc[nH]c2n1. The molecule has 11 heavy (non-hydrogen) atoms. The fourth-order valence-corrected chi connectivity index (χ4v) is 0.954. The van der Waals surface area contributed by atoms with Gasteiger partial charge in [0.05, 0.1) is 12.0 Å². The highest BCUT2D eigenvalue weighted by Gasteiger charge is 1.95. The maximum Gasteiger partial charge on any atom is 0.157 e. The monoisotopic (exact) mass is 145 g/mol. The summed E-state index contributed by atoms with van der Waals surface area (Å²) in [5, 5.41) is 0. The lowest BCUT2D eigenvalue weighted by molar-refractivity contribution is 1.29. The minimum absolute atomic E-state index is 0.808. The number of imidazole rings is 1. The Morgan fingerprint density at radius 1 is 1.45 bits per heavy atom. The van der Waals surface area contributed by atoms with Crippen molar-refractivity contribution in [3.05, 3.63) is 30.7 Å². The smallest absolute Gasteiger partial charge is 0.157 e. The molecular formula is C8H7N3. The zero-order chi connectivity index (χ0) is 7.68. The molecule has 0 aliphatic heterocycles. The van der Waals surface area contributed by atoms with Crippen LogP contribution >= 0.6 is 0 Å². The molecular weight excluding hydrogens is 138 g/mol. The van der Waals surface area contributed by atoms with Gasteiger partial charge in [0.1, 0.15) is 5.52 Å². The van der Waals surface area contributed by atoms with Gasteiger partial charge in [0.15, 0.2) is 5.65 Å². The number of H-pyrrole nitrogens is 1. The maximum atomic E-state index is 4.22. The molecule has 0 radical (unpaired) electrons. The lowest BCUT2D eigenvalue weighted by Gasteiger charge is -1.89. The Morgan fingerprint density at radius 2 is 2.36 bits per heavy atom. The molecule has 0 spiro atoms. The molecule has 3 heteroatoms. The summed E-state index contributed by atoms with van der Waals surface area (Å²) in [6.45, 7) is 3.63. The molecule has 0 unspecified atom stereocenters. The highest BCUT2D eigenvalue weighted by molar-refractivity contribution is 5.71. The summed E-state index contributed by atoms with van der Waals surface area (Å²) < 4.78 is 0. The number of fused-ring (bicyclic) bond motifs is 1. The van der Waals surface area contributed by atoms with Crippen molar-refractivity contribution in [2.24, 2.45) is 0 Å². The van der Waals surface area contributed by atoms with Crippen LogP contribution < -0.4 is 0 Å². The van der Waals surface area contributed by atoms with Gasteiger partial charge in [0.25, 0.3) is 0 Å². The Balaban J connectivity index is 2.76. The number of aromatic nitrogens is 3. The molecule has 0 aromatic carbocycles. The summed E-state index contributed by atoms with van der Waals surface area (Å²) in [6, 6.07) is 3.80. The molecule has 0 atom stereocenters. The molecule has 3 nitrogen and oxygen atoms in total. The molecule has 2 aromatic heterocycles. The summed E-state index contributed by atoms with van der Waals surface area (Å²) in [5.74, 6) is 0. The molecule has 0 aliphatic carbocycles. The second-order valence-corrected chi connectivity index (χ2v) is 2.21. The molecule has 54 valence electrons. The van der Waals surface area contributed by atoms with E-state index in [0.29, 0.717) is 0 Å². The third-order valence-corrected chi connectivity index (χ3v) is 1.51. The fraction of sp³-hybridized carbons (Fsp3) is 0. The standard InChI is InChI=1S/C8H7N3/c1-2-6-3-4-7-8(11-6)10-5-9-7/h2-5H,1H2,(H,9,10,11). The lowest BCUT2D eigenvalue weighted by Crippen LogP contribution is -1.80. The van der Waals surface area contributed by atoms with Crippen molar-refractivity contribution in [1.82, 2.24) is 15.0 Å². The predicted octanol–water partition coefficient (Wildman–Crippen LogP) is 1.60. The van der Waals surface area contributed by atoms with Crippen molar-refractivity contribution < 1.29 is 0 Å². The Kier molecular flexibility index (Phi) is 1.22. The summed E-state index contributed by atoms with van der Waals surface area (Å²) in [6.07, 6.45) is 3.34. The highest BCUT2D eigenvalue weighted by atomic mass is 14.9. The molecule has 0 aliphatic rings. The largest absolute Gasteiger partial charge is 0.329 e. The number of hydrogen-bond acceptors (Lipinski definition) is 2. The van der Waals surface area contributed by atoms with Gasteiger partial charge >= 0.3 is 0 Å². The van der Waals surface area contributed by atoms with Crippen molar-refractivity contribution in [2.45, 2.75) is 0 Å². The molecule has 0 amide bonds. The van der Waals surface area contributed by atoms with Crippen LogP contribution in [0.25, 0.3) is 17.2 Å². The normalized spacial score (nSPS) is 10.2. The molecule has 0 fully saturated rings. The van der Waals surface area contributed by atoms with Gasteiger partial charge in [0, 0.05) is 0 Å². The van der Waals surface area contributed by atoms with E-state index in [1.54, 1.807) is 12.4 Å². The van der Waals surface area contributed by atoms with Crippen molar-refractivity contribution in [1.29, 1.82) is 0 Å². The maximum absolute atomic E-state index is 4.22. The molecule has 0 bridgehead atoms. The first-order valence-corrected chi connectivity index (χ1v) is 3.33. The molecule has 0 saturated carbocycles. The van der Waals surface area contributed by atoms with Gasteiger partial charge in [-0.3, -0.25) is 0 Å². The zero-order valence-corrected chi connectivity index (χ0v) is 5.91. The van der Waals surface area contributed by atoms with Gasteiger partial charge in [-0.15, -0.1) is 0 Å². The van der Waals surface area contributed by atoms with Crippen molar-refractivity contribution in [3.8, 4) is 0 Å². The van der Waals surface area contributed by atoms with Crippen LogP contribution in [0.3, 0.4) is 0 Å². The Labute approximate surface area is 63.8 Å². The van der Waals surface area contributed by atoms with E-state index in [-0.39, 0.29) is 0 Å². The van der Waals surface area contributed by atoms with E-state index in [1.807, 2.05) is 12.1 Å². The summed E-state index contributed by atoms with van der Waals surface area (Å²) in [7, 11) is 0. The van der Waals surface area contributed by atoms with E-state index in [0.717, 1.165) is 16.9 Å². The minimum atomic E-state index is 0.808. The number of hydrogen-bond donors (Lipinski definition) is 1. The van der Waals surface area contributed by atoms with E-state index in [4.69, 9.17) is 0 Å². The van der Waals surface area contributed by atoms with E-state index < -0.39 is 0 Å². The predicted molar refractivity (Wildman–Crippen MR) is 44.0 cm³/mol. The van der Waals surface area contributed by atoms with Gasteiger partial charge in [-0.05, 0) is 18.2 Å². The summed E-state index contributed by atoms with van der Waals surface area (Å²) in [4.78, 5) is 11.2. The van der Waals surface area contributed by atoms with E-state index in [9.17, 15) is 0 Å². The van der Waals surface area contributed by atoms with E-state index in [1.165, 1.54) is 0 Å². The zero-order valence-electron chi connectivity index (χ0n) is 5.91. The number of nitrogens with one attached hydrogen (secondary N) is 1. The van der Waals surface area contributed by atoms with Crippen LogP contribution in [0.5, 0.6) is 0 Å². The van der Waals surface area contributed by atoms with Gasteiger partial charge < -0.3 is 4.98 Å². The van der Waals surface area contributed by atoms with Crippen molar-refractivity contribution in [2.75, 3.05) is 0 Å². The van der Waals surface area contributed by atoms with Crippen LogP contribution in [0.15, 0.2) is 25.0 Å². The second kappa shape index (κ2) is 2.20. The average molecular weight is 145 g/mol. The number of rotatable bonds is 1. The molecule has 2 rings (SSSR count). The van der Waals surface area contributed by atoms with Crippen LogP contribution in [-0.4, -0.2) is 15.0 Å². The van der Waals surface area contributed by atoms with Crippen LogP contribution in [0.1, 0.15) is 5.69 Å².